The van der Waals surface area contributed by atoms with Gasteiger partial charge < -0.3 is 15.2 Å². The molecule has 0 aliphatic heterocycles. The first-order valence-electron chi connectivity index (χ1n) is 5.34. The number of H-pyrrole nitrogens is 1. The molecule has 0 aliphatic carbocycles. The molecule has 3 aromatic heterocycles. The molecule has 6 nitrogen and oxygen atoms in total. The summed E-state index contributed by atoms with van der Waals surface area (Å²) in [6.45, 7) is 2.06. The fraction of sp³-hybridized carbons (Fsp3) is 0.182. The molecular weight excluding hydrogens is 218 g/mol. The minimum atomic E-state index is 0.442. The molecule has 0 atom stereocenters. The Kier molecular flexibility index (Phi) is 2.07. The molecule has 0 bridgehead atoms. The number of fused-ring (bicyclic) bond motifs is 1. The zero-order chi connectivity index (χ0) is 11.8. The van der Waals surface area contributed by atoms with E-state index in [9.17, 15) is 0 Å². The standard InChI is InChI=1S/C11H11N5O/c1-2-6-5-13-11-8(6)9(12)15-10(16-11)7-3-4-14-17-7/h3-5H,2H2,1H3,(H3,12,13,15,16). The van der Waals surface area contributed by atoms with Crippen molar-refractivity contribution in [3.63, 3.8) is 0 Å². The van der Waals surface area contributed by atoms with Crippen LogP contribution in [0, 0.1) is 0 Å². The Balaban J connectivity index is 2.25. The van der Waals surface area contributed by atoms with Gasteiger partial charge in [0.05, 0.1) is 11.6 Å². The number of nitrogen functional groups attached to an aromatic ring is 1. The Morgan fingerprint density at radius 1 is 1.41 bits per heavy atom. The number of aromatic amines is 1. The highest BCUT2D eigenvalue weighted by atomic mass is 16.5. The molecule has 0 unspecified atom stereocenters. The Hall–Kier alpha value is -2.37. The maximum Gasteiger partial charge on any atom is 0.204 e. The lowest BCUT2D eigenvalue weighted by atomic mass is 10.2. The molecule has 3 aromatic rings. The average Bonchev–Trinajstić information content (AvgIpc) is 2.97. The van der Waals surface area contributed by atoms with E-state index in [2.05, 4.69) is 27.0 Å². The van der Waals surface area contributed by atoms with Crippen molar-refractivity contribution < 1.29 is 4.52 Å². The van der Waals surface area contributed by atoms with Gasteiger partial charge in [0.25, 0.3) is 0 Å². The summed E-state index contributed by atoms with van der Waals surface area (Å²) < 4.78 is 5.01. The summed E-state index contributed by atoms with van der Waals surface area (Å²) >= 11 is 0. The van der Waals surface area contributed by atoms with Gasteiger partial charge in [-0.15, -0.1) is 0 Å². The number of rotatable bonds is 2. The molecule has 0 amide bonds. The lowest BCUT2D eigenvalue weighted by Crippen LogP contribution is -1.97. The number of nitrogens with two attached hydrogens (primary N) is 1. The molecule has 3 N–H and O–H groups in total. The third-order valence-electron chi connectivity index (χ3n) is 2.68. The predicted octanol–water partition coefficient (Wildman–Crippen LogP) is 1.76. The van der Waals surface area contributed by atoms with Crippen molar-refractivity contribution in [3.05, 3.63) is 24.0 Å². The number of hydrogen-bond acceptors (Lipinski definition) is 5. The smallest absolute Gasteiger partial charge is 0.204 e. The Labute approximate surface area is 96.9 Å². The number of aromatic nitrogens is 4. The fourth-order valence-corrected chi connectivity index (χ4v) is 1.85. The van der Waals surface area contributed by atoms with Gasteiger partial charge >= 0.3 is 0 Å². The van der Waals surface area contributed by atoms with Crippen LogP contribution in [0.25, 0.3) is 22.6 Å². The largest absolute Gasteiger partial charge is 0.383 e. The highest BCUT2D eigenvalue weighted by Crippen LogP contribution is 2.25. The molecule has 0 radical (unpaired) electrons. The van der Waals surface area contributed by atoms with Crippen molar-refractivity contribution in [2.75, 3.05) is 5.73 Å². The Morgan fingerprint density at radius 2 is 2.29 bits per heavy atom. The Bertz CT molecular complexity index is 656. The van der Waals surface area contributed by atoms with Crippen LogP contribution in [-0.2, 0) is 6.42 Å². The van der Waals surface area contributed by atoms with Crippen LogP contribution >= 0.6 is 0 Å². The van der Waals surface area contributed by atoms with Crippen molar-refractivity contribution in [2.24, 2.45) is 0 Å². The van der Waals surface area contributed by atoms with Gasteiger partial charge in [0, 0.05) is 12.3 Å². The number of hydrogen-bond donors (Lipinski definition) is 2. The topological polar surface area (TPSA) is 93.6 Å². The lowest BCUT2D eigenvalue weighted by molar-refractivity contribution is 0.430. The number of nitrogens with zero attached hydrogens (tertiary/aromatic N) is 3. The van der Waals surface area contributed by atoms with Crippen molar-refractivity contribution in [1.82, 2.24) is 20.1 Å². The minimum absolute atomic E-state index is 0.442. The molecule has 0 spiro atoms. The first-order valence-corrected chi connectivity index (χ1v) is 5.34. The molecule has 0 saturated heterocycles. The van der Waals surface area contributed by atoms with Crippen molar-refractivity contribution in [1.29, 1.82) is 0 Å². The summed E-state index contributed by atoms with van der Waals surface area (Å²) in [6.07, 6.45) is 4.33. The fourth-order valence-electron chi connectivity index (χ4n) is 1.85. The summed E-state index contributed by atoms with van der Waals surface area (Å²) in [4.78, 5) is 11.7. The van der Waals surface area contributed by atoms with Crippen LogP contribution in [0.4, 0.5) is 5.82 Å². The van der Waals surface area contributed by atoms with Gasteiger partial charge in [-0.1, -0.05) is 12.1 Å². The van der Waals surface area contributed by atoms with Gasteiger partial charge in [-0.05, 0) is 12.0 Å². The van der Waals surface area contributed by atoms with E-state index in [1.54, 1.807) is 12.3 Å². The van der Waals surface area contributed by atoms with E-state index in [-0.39, 0.29) is 0 Å². The Morgan fingerprint density at radius 3 is 3.00 bits per heavy atom. The van der Waals surface area contributed by atoms with Gasteiger partial charge in [0.2, 0.25) is 11.6 Å². The van der Waals surface area contributed by atoms with Crippen LogP contribution in [0.2, 0.25) is 0 Å². The molecule has 0 fully saturated rings. The van der Waals surface area contributed by atoms with Crippen LogP contribution in [0.5, 0.6) is 0 Å². The second-order valence-corrected chi connectivity index (χ2v) is 3.70. The first kappa shape index (κ1) is 9.83. The summed E-state index contributed by atoms with van der Waals surface area (Å²) in [7, 11) is 0. The van der Waals surface area contributed by atoms with Gasteiger partial charge in [0.15, 0.2) is 0 Å². The highest BCUT2D eigenvalue weighted by Gasteiger charge is 2.13. The van der Waals surface area contributed by atoms with Crippen LogP contribution in [0.3, 0.4) is 0 Å². The van der Waals surface area contributed by atoms with E-state index < -0.39 is 0 Å². The molecule has 0 aromatic carbocycles. The van der Waals surface area contributed by atoms with Gasteiger partial charge in [0.1, 0.15) is 11.5 Å². The van der Waals surface area contributed by atoms with Crippen LogP contribution in [0.15, 0.2) is 23.0 Å². The first-order chi connectivity index (χ1) is 8.29. The van der Waals surface area contributed by atoms with Crippen molar-refractivity contribution in [2.45, 2.75) is 13.3 Å². The van der Waals surface area contributed by atoms with E-state index in [4.69, 9.17) is 10.3 Å². The summed E-state index contributed by atoms with van der Waals surface area (Å²) in [5, 5.41) is 4.51. The summed E-state index contributed by atoms with van der Waals surface area (Å²) in [5.74, 6) is 1.41. The molecule has 0 saturated carbocycles. The van der Waals surface area contributed by atoms with E-state index in [1.807, 2.05) is 6.20 Å². The third kappa shape index (κ3) is 1.45. The van der Waals surface area contributed by atoms with Gasteiger partial charge in [-0.3, -0.25) is 0 Å². The van der Waals surface area contributed by atoms with Crippen molar-refractivity contribution in [3.8, 4) is 11.6 Å². The minimum Gasteiger partial charge on any atom is -0.383 e. The van der Waals surface area contributed by atoms with Crippen molar-refractivity contribution >= 4 is 16.9 Å². The maximum absolute atomic E-state index is 5.95. The average molecular weight is 229 g/mol. The zero-order valence-corrected chi connectivity index (χ0v) is 9.27. The molecule has 17 heavy (non-hydrogen) atoms. The van der Waals surface area contributed by atoms with Crippen LogP contribution in [-0.4, -0.2) is 20.1 Å². The maximum atomic E-state index is 5.95. The highest BCUT2D eigenvalue weighted by molar-refractivity contribution is 5.90. The molecule has 0 aliphatic rings. The summed E-state index contributed by atoms with van der Waals surface area (Å²) in [6, 6.07) is 1.70. The molecule has 3 rings (SSSR count). The molecule has 6 heteroatoms. The third-order valence-corrected chi connectivity index (χ3v) is 2.68. The number of anilines is 1. The zero-order valence-electron chi connectivity index (χ0n) is 9.27. The molecular formula is C11H11N5O. The van der Waals surface area contributed by atoms with Gasteiger partial charge in [-0.25, -0.2) is 9.97 Å². The van der Waals surface area contributed by atoms with Crippen LogP contribution in [0.1, 0.15) is 12.5 Å². The van der Waals surface area contributed by atoms with E-state index >= 15 is 0 Å². The van der Waals surface area contributed by atoms with E-state index in [1.165, 1.54) is 0 Å². The monoisotopic (exact) mass is 229 g/mol. The number of nitrogens with one attached hydrogen (secondary N) is 1. The van der Waals surface area contributed by atoms with Gasteiger partial charge in [-0.2, -0.15) is 0 Å². The van der Waals surface area contributed by atoms with E-state index in [0.717, 1.165) is 23.0 Å². The number of aryl methyl sites for hydroxylation is 1. The molecule has 86 valence electrons. The molecule has 3 heterocycles. The van der Waals surface area contributed by atoms with Crippen LogP contribution < -0.4 is 5.73 Å². The predicted molar refractivity (Wildman–Crippen MR) is 63.2 cm³/mol. The quantitative estimate of drug-likeness (QED) is 0.698. The summed E-state index contributed by atoms with van der Waals surface area (Å²) in [5.41, 5.74) is 7.79. The lowest BCUT2D eigenvalue weighted by Gasteiger charge is -2.00. The second-order valence-electron chi connectivity index (χ2n) is 3.70. The SMILES string of the molecule is CCc1c[nH]c2nc(-c3ccno3)nc(N)c12. The normalized spacial score (nSPS) is 11.1. The second kappa shape index (κ2) is 3.58. The van der Waals surface area contributed by atoms with E-state index in [0.29, 0.717) is 17.4 Å².